The molecule has 3 rings (SSSR count). The molecule has 6 nitrogen and oxygen atoms in total. The molecule has 1 saturated heterocycles. The maximum Gasteiger partial charge on any atom is 0.214 e. The van der Waals surface area contributed by atoms with Crippen LogP contribution in [0.4, 0.5) is 0 Å². The predicted octanol–water partition coefficient (Wildman–Crippen LogP) is 2.56. The lowest BCUT2D eigenvalue weighted by Gasteiger charge is -2.25. The van der Waals surface area contributed by atoms with E-state index in [4.69, 9.17) is 4.74 Å². The average Bonchev–Trinajstić information content (AvgIpc) is 3.04. The lowest BCUT2D eigenvalue weighted by molar-refractivity contribution is 0.242. The van der Waals surface area contributed by atoms with Gasteiger partial charge >= 0.3 is 0 Å². The molecule has 0 saturated carbocycles. The summed E-state index contributed by atoms with van der Waals surface area (Å²) in [5.74, 6) is 1.77. The lowest BCUT2D eigenvalue weighted by atomic mass is 10.1. The first-order chi connectivity index (χ1) is 11.3. The van der Waals surface area contributed by atoms with E-state index >= 15 is 0 Å². The monoisotopic (exact) mass is 333 g/mol. The zero-order valence-electron chi connectivity index (χ0n) is 13.7. The van der Waals surface area contributed by atoms with Gasteiger partial charge in [0.05, 0.1) is 7.11 Å². The number of tetrazole rings is 1. The fraction of sp³-hybridized carbons (Fsp3) is 0.562. The Morgan fingerprint density at radius 3 is 2.83 bits per heavy atom. The maximum atomic E-state index is 5.44. The fourth-order valence-electron chi connectivity index (χ4n) is 2.83. The van der Waals surface area contributed by atoms with Gasteiger partial charge in [0.25, 0.3) is 0 Å². The number of aromatic nitrogens is 4. The van der Waals surface area contributed by atoms with E-state index in [1.807, 2.05) is 18.2 Å². The molecule has 7 heteroatoms. The Hall–Kier alpha value is -1.60. The Morgan fingerprint density at radius 1 is 1.22 bits per heavy atom. The van der Waals surface area contributed by atoms with Crippen molar-refractivity contribution >= 4 is 11.8 Å². The third-order valence-electron chi connectivity index (χ3n) is 4.09. The number of thioether (sulfide) groups is 1. The van der Waals surface area contributed by atoms with Crippen LogP contribution >= 0.6 is 11.8 Å². The van der Waals surface area contributed by atoms with Crippen molar-refractivity contribution in [3.05, 3.63) is 23.8 Å². The second-order valence-corrected chi connectivity index (χ2v) is 6.86. The summed E-state index contributed by atoms with van der Waals surface area (Å²) < 4.78 is 7.22. The van der Waals surface area contributed by atoms with Crippen LogP contribution in [-0.4, -0.2) is 57.6 Å². The van der Waals surface area contributed by atoms with Crippen LogP contribution < -0.4 is 4.74 Å². The molecular weight excluding hydrogens is 310 g/mol. The quantitative estimate of drug-likeness (QED) is 0.757. The molecule has 0 amide bonds. The molecule has 1 aromatic carbocycles. The van der Waals surface area contributed by atoms with Gasteiger partial charge in [0.1, 0.15) is 11.4 Å². The van der Waals surface area contributed by atoms with Gasteiger partial charge < -0.3 is 9.64 Å². The second-order valence-electron chi connectivity index (χ2n) is 5.80. The smallest absolute Gasteiger partial charge is 0.214 e. The summed E-state index contributed by atoms with van der Waals surface area (Å²) >= 11 is 1.70. The number of benzene rings is 1. The minimum absolute atomic E-state index is 0.779. The van der Waals surface area contributed by atoms with E-state index in [0.29, 0.717) is 0 Å². The SMILES string of the molecule is COc1ccc(C)cc1-n1nnnc1SCCN1CCCCC1. The maximum absolute atomic E-state index is 5.44. The molecule has 0 radical (unpaired) electrons. The molecule has 1 fully saturated rings. The molecule has 2 heterocycles. The Morgan fingerprint density at radius 2 is 2.04 bits per heavy atom. The summed E-state index contributed by atoms with van der Waals surface area (Å²) in [6.45, 7) is 5.58. The topological polar surface area (TPSA) is 56.1 Å². The van der Waals surface area contributed by atoms with Crippen molar-refractivity contribution in [3.63, 3.8) is 0 Å². The number of hydrogen-bond acceptors (Lipinski definition) is 6. The van der Waals surface area contributed by atoms with Gasteiger partial charge in [0.2, 0.25) is 5.16 Å². The molecular formula is C16H23N5OS. The van der Waals surface area contributed by atoms with Gasteiger partial charge in [-0.3, -0.25) is 0 Å². The van der Waals surface area contributed by atoms with Crippen molar-refractivity contribution in [3.8, 4) is 11.4 Å². The van der Waals surface area contributed by atoms with Crippen molar-refractivity contribution in [1.82, 2.24) is 25.1 Å². The molecule has 23 heavy (non-hydrogen) atoms. The number of nitrogens with zero attached hydrogens (tertiary/aromatic N) is 5. The van der Waals surface area contributed by atoms with Crippen LogP contribution in [0.25, 0.3) is 5.69 Å². The molecule has 2 aromatic rings. The first kappa shape index (κ1) is 16.3. The van der Waals surface area contributed by atoms with Crippen LogP contribution in [0.3, 0.4) is 0 Å². The summed E-state index contributed by atoms with van der Waals surface area (Å²) in [6.07, 6.45) is 4.01. The van der Waals surface area contributed by atoms with Gasteiger partial charge in [-0.15, -0.1) is 5.10 Å². The summed E-state index contributed by atoms with van der Waals surface area (Å²) in [5, 5.41) is 13.0. The van der Waals surface area contributed by atoms with Crippen LogP contribution in [0, 0.1) is 6.92 Å². The molecule has 0 N–H and O–H groups in total. The highest BCUT2D eigenvalue weighted by Gasteiger charge is 2.15. The molecule has 0 atom stereocenters. The lowest BCUT2D eigenvalue weighted by Crippen LogP contribution is -2.31. The third-order valence-corrected chi connectivity index (χ3v) is 4.99. The van der Waals surface area contributed by atoms with Crippen LogP contribution in [0.2, 0.25) is 0 Å². The number of aryl methyl sites for hydroxylation is 1. The molecule has 0 unspecified atom stereocenters. The second kappa shape index (κ2) is 7.79. The number of ether oxygens (including phenoxy) is 1. The Kier molecular flexibility index (Phi) is 5.51. The molecule has 0 spiro atoms. The Bertz CT molecular complexity index is 639. The van der Waals surface area contributed by atoms with E-state index in [0.717, 1.165) is 34.5 Å². The van der Waals surface area contributed by atoms with Gasteiger partial charge in [-0.1, -0.05) is 24.2 Å². The first-order valence-corrected chi connectivity index (χ1v) is 9.05. The van der Waals surface area contributed by atoms with Gasteiger partial charge in [-0.2, -0.15) is 4.68 Å². The average molecular weight is 333 g/mol. The molecule has 0 aliphatic carbocycles. The van der Waals surface area contributed by atoms with Crippen LogP contribution in [0.15, 0.2) is 23.4 Å². The minimum atomic E-state index is 0.779. The number of likely N-dealkylation sites (tertiary alicyclic amines) is 1. The highest BCUT2D eigenvalue weighted by molar-refractivity contribution is 7.99. The van der Waals surface area contributed by atoms with Gasteiger partial charge in [0, 0.05) is 12.3 Å². The molecule has 1 aliphatic rings. The highest BCUT2D eigenvalue weighted by Crippen LogP contribution is 2.27. The van der Waals surface area contributed by atoms with E-state index in [-0.39, 0.29) is 0 Å². The Balaban J connectivity index is 1.68. The van der Waals surface area contributed by atoms with Crippen molar-refractivity contribution < 1.29 is 4.74 Å². The Labute approximate surface area is 141 Å². The van der Waals surface area contributed by atoms with Gasteiger partial charge in [-0.25, -0.2) is 0 Å². The van der Waals surface area contributed by atoms with Gasteiger partial charge in [-0.05, 0) is 61.0 Å². The van der Waals surface area contributed by atoms with E-state index in [1.165, 1.54) is 32.4 Å². The number of rotatable bonds is 6. The van der Waals surface area contributed by atoms with Crippen molar-refractivity contribution in [2.75, 3.05) is 32.5 Å². The zero-order chi connectivity index (χ0) is 16.1. The zero-order valence-corrected chi connectivity index (χ0v) is 14.6. The minimum Gasteiger partial charge on any atom is -0.494 e. The number of piperidine rings is 1. The summed E-state index contributed by atoms with van der Waals surface area (Å²) in [7, 11) is 1.67. The summed E-state index contributed by atoms with van der Waals surface area (Å²) in [6, 6.07) is 6.02. The molecule has 1 aliphatic heterocycles. The molecule has 124 valence electrons. The number of hydrogen-bond donors (Lipinski definition) is 0. The number of methoxy groups -OCH3 is 1. The summed E-state index contributed by atoms with van der Waals surface area (Å²) in [5.41, 5.74) is 2.04. The van der Waals surface area contributed by atoms with E-state index < -0.39 is 0 Å². The van der Waals surface area contributed by atoms with Crippen LogP contribution in [0.5, 0.6) is 5.75 Å². The van der Waals surface area contributed by atoms with Crippen molar-refractivity contribution in [1.29, 1.82) is 0 Å². The van der Waals surface area contributed by atoms with Gasteiger partial charge in [0.15, 0.2) is 0 Å². The third kappa shape index (κ3) is 4.03. The fourth-order valence-corrected chi connectivity index (χ4v) is 3.72. The standard InChI is InChI=1S/C16H23N5OS/c1-13-6-7-15(22-2)14(12-13)21-16(17-18-19-21)23-11-10-20-8-4-3-5-9-20/h6-7,12H,3-5,8-11H2,1-2H3. The van der Waals surface area contributed by atoms with E-state index in [2.05, 4.69) is 27.3 Å². The van der Waals surface area contributed by atoms with Crippen LogP contribution in [0.1, 0.15) is 24.8 Å². The highest BCUT2D eigenvalue weighted by atomic mass is 32.2. The van der Waals surface area contributed by atoms with Crippen molar-refractivity contribution in [2.45, 2.75) is 31.3 Å². The normalized spacial score (nSPS) is 15.7. The summed E-state index contributed by atoms with van der Waals surface area (Å²) in [4.78, 5) is 2.53. The van der Waals surface area contributed by atoms with Crippen LogP contribution in [-0.2, 0) is 0 Å². The van der Waals surface area contributed by atoms with E-state index in [9.17, 15) is 0 Å². The molecule has 1 aromatic heterocycles. The molecule has 0 bridgehead atoms. The predicted molar refractivity (Wildman–Crippen MR) is 91.5 cm³/mol. The first-order valence-electron chi connectivity index (χ1n) is 8.06. The van der Waals surface area contributed by atoms with Crippen molar-refractivity contribution in [2.24, 2.45) is 0 Å². The van der Waals surface area contributed by atoms with E-state index in [1.54, 1.807) is 23.6 Å². The largest absolute Gasteiger partial charge is 0.494 e.